The summed E-state index contributed by atoms with van der Waals surface area (Å²) in [4.78, 5) is 26.5. The molecule has 6 N–H and O–H groups in total. The summed E-state index contributed by atoms with van der Waals surface area (Å²) < 4.78 is 0. The zero-order valence-corrected chi connectivity index (χ0v) is 23.3. The van der Waals surface area contributed by atoms with Crippen molar-refractivity contribution in [1.82, 2.24) is 20.2 Å². The Kier molecular flexibility index (Phi) is 8.84. The Morgan fingerprint density at radius 2 is 1.77 bits per heavy atom. The van der Waals surface area contributed by atoms with Crippen LogP contribution in [0.25, 0.3) is 0 Å². The largest absolute Gasteiger partial charge is 0.393 e. The number of carbonyl (C=O) groups excluding carboxylic acids is 1. The maximum atomic E-state index is 12.3. The minimum Gasteiger partial charge on any atom is -0.393 e. The fourth-order valence-corrected chi connectivity index (χ4v) is 6.21. The van der Waals surface area contributed by atoms with Gasteiger partial charge in [-0.3, -0.25) is 4.79 Å². The molecule has 0 bridgehead atoms. The number of benzene rings is 1. The standard InChI is InChI=1S/C29H44N8O2/c1-3-24-28(32-21-6-10-23(38)11-7-21)35-29(26(34-24)27(30)39)33-20-4-8-22(9-5-20)37-15-12-19(13-16-37)25-18-36(2)17-14-31-25/h4-5,8-9,19,21,23,25,31,38H,3,6-7,10-18H2,1-2H3,(H2,30,39)(H2,32,33,35)/t21-,23-,25?. The van der Waals surface area contributed by atoms with Crippen molar-refractivity contribution >= 4 is 28.9 Å². The van der Waals surface area contributed by atoms with Crippen LogP contribution >= 0.6 is 0 Å². The van der Waals surface area contributed by atoms with E-state index >= 15 is 0 Å². The van der Waals surface area contributed by atoms with E-state index in [1.165, 1.54) is 18.5 Å². The van der Waals surface area contributed by atoms with E-state index in [4.69, 9.17) is 10.7 Å². The van der Waals surface area contributed by atoms with E-state index in [1.54, 1.807) is 0 Å². The lowest BCUT2D eigenvalue weighted by Gasteiger charge is -2.41. The van der Waals surface area contributed by atoms with E-state index in [1.807, 2.05) is 19.1 Å². The van der Waals surface area contributed by atoms with Crippen LogP contribution in [0.5, 0.6) is 0 Å². The summed E-state index contributed by atoms with van der Waals surface area (Å²) in [6.07, 6.45) is 6.10. The van der Waals surface area contributed by atoms with Crippen LogP contribution in [0.4, 0.5) is 23.0 Å². The summed E-state index contributed by atoms with van der Waals surface area (Å²) in [6.45, 7) is 7.46. The van der Waals surface area contributed by atoms with Crippen LogP contribution < -0.4 is 26.6 Å². The van der Waals surface area contributed by atoms with Gasteiger partial charge >= 0.3 is 0 Å². The van der Waals surface area contributed by atoms with Gasteiger partial charge in [0.1, 0.15) is 5.82 Å². The molecule has 39 heavy (non-hydrogen) atoms. The van der Waals surface area contributed by atoms with Crippen LogP contribution in [0.3, 0.4) is 0 Å². The van der Waals surface area contributed by atoms with Gasteiger partial charge in [-0.25, -0.2) is 9.97 Å². The number of aryl methyl sites for hydroxylation is 1. The molecule has 5 rings (SSSR count). The molecule has 1 aromatic heterocycles. The van der Waals surface area contributed by atoms with Crippen LogP contribution in [0.15, 0.2) is 24.3 Å². The first-order valence-electron chi connectivity index (χ1n) is 14.6. The molecule has 3 heterocycles. The predicted molar refractivity (Wildman–Crippen MR) is 156 cm³/mol. The lowest BCUT2D eigenvalue weighted by Crippen LogP contribution is -2.54. The Bertz CT molecular complexity index is 1110. The third-order valence-electron chi connectivity index (χ3n) is 8.59. The lowest BCUT2D eigenvalue weighted by molar-refractivity contribution is 0.0996. The average Bonchev–Trinajstić information content (AvgIpc) is 2.95. The number of nitrogens with zero attached hydrogens (tertiary/aromatic N) is 4. The van der Waals surface area contributed by atoms with E-state index in [0.717, 1.165) is 70.0 Å². The molecule has 1 aromatic carbocycles. The quantitative estimate of drug-likeness (QED) is 0.345. The van der Waals surface area contributed by atoms with Crippen LogP contribution in [-0.4, -0.2) is 83.8 Å². The number of amides is 1. The number of rotatable bonds is 8. The molecule has 1 unspecified atom stereocenters. The molecule has 2 saturated heterocycles. The normalized spacial score (nSPS) is 24.9. The molecule has 2 aliphatic heterocycles. The number of likely N-dealkylation sites (N-methyl/N-ethyl adjacent to an activating group) is 1. The number of hydrogen-bond acceptors (Lipinski definition) is 9. The third-order valence-corrected chi connectivity index (χ3v) is 8.59. The molecule has 1 atom stereocenters. The van der Waals surface area contributed by atoms with E-state index in [0.29, 0.717) is 29.8 Å². The number of aliphatic hydroxyl groups is 1. The van der Waals surface area contributed by atoms with Crippen molar-refractivity contribution < 1.29 is 9.90 Å². The Labute approximate surface area is 231 Å². The monoisotopic (exact) mass is 536 g/mol. The summed E-state index contributed by atoms with van der Waals surface area (Å²) >= 11 is 0. The van der Waals surface area contributed by atoms with Gasteiger partial charge in [0.15, 0.2) is 11.5 Å². The second kappa shape index (κ2) is 12.5. The van der Waals surface area contributed by atoms with Crippen molar-refractivity contribution in [1.29, 1.82) is 0 Å². The predicted octanol–water partition coefficient (Wildman–Crippen LogP) is 2.72. The minimum absolute atomic E-state index is 0.143. The number of hydrogen-bond donors (Lipinski definition) is 5. The summed E-state index contributed by atoms with van der Waals surface area (Å²) in [7, 11) is 2.22. The van der Waals surface area contributed by atoms with Gasteiger partial charge < -0.3 is 36.6 Å². The molecule has 1 aliphatic carbocycles. The zero-order valence-electron chi connectivity index (χ0n) is 23.3. The first kappa shape index (κ1) is 27.6. The number of nitrogens with one attached hydrogen (secondary N) is 3. The number of anilines is 4. The highest BCUT2D eigenvalue weighted by atomic mass is 16.3. The van der Waals surface area contributed by atoms with E-state index in [2.05, 4.69) is 49.9 Å². The molecule has 0 radical (unpaired) electrons. The summed E-state index contributed by atoms with van der Waals surface area (Å²) in [5.41, 5.74) is 8.59. The van der Waals surface area contributed by atoms with Crippen LogP contribution in [0.2, 0.25) is 0 Å². The van der Waals surface area contributed by atoms with Gasteiger partial charge in [-0.1, -0.05) is 6.92 Å². The van der Waals surface area contributed by atoms with Gasteiger partial charge in [0.2, 0.25) is 0 Å². The number of primary amides is 1. The topological polar surface area (TPSA) is 132 Å². The van der Waals surface area contributed by atoms with Gasteiger partial charge in [-0.2, -0.15) is 0 Å². The maximum Gasteiger partial charge on any atom is 0.271 e. The highest BCUT2D eigenvalue weighted by molar-refractivity contribution is 5.96. The van der Waals surface area contributed by atoms with Crippen molar-refractivity contribution in [3.05, 3.63) is 35.7 Å². The highest BCUT2D eigenvalue weighted by Gasteiger charge is 2.29. The maximum absolute atomic E-state index is 12.3. The van der Waals surface area contributed by atoms with Gasteiger partial charge in [-0.05, 0) is 82.2 Å². The van der Waals surface area contributed by atoms with E-state index in [9.17, 15) is 9.90 Å². The van der Waals surface area contributed by atoms with E-state index in [-0.39, 0.29) is 17.8 Å². The van der Waals surface area contributed by atoms with Crippen molar-refractivity contribution in [2.75, 3.05) is 55.3 Å². The zero-order chi connectivity index (χ0) is 27.4. The van der Waals surface area contributed by atoms with Crippen LogP contribution in [0, 0.1) is 5.92 Å². The van der Waals surface area contributed by atoms with Gasteiger partial charge in [0.25, 0.3) is 5.91 Å². The molecule has 3 aliphatic rings. The highest BCUT2D eigenvalue weighted by Crippen LogP contribution is 2.29. The molecule has 3 fully saturated rings. The first-order valence-corrected chi connectivity index (χ1v) is 14.6. The van der Waals surface area contributed by atoms with Gasteiger partial charge in [0, 0.05) is 56.2 Å². The molecule has 0 spiro atoms. The number of aliphatic hydroxyl groups excluding tert-OH is 1. The lowest BCUT2D eigenvalue weighted by atomic mass is 9.88. The fourth-order valence-electron chi connectivity index (χ4n) is 6.21. The van der Waals surface area contributed by atoms with Crippen LogP contribution in [0.1, 0.15) is 61.6 Å². The summed E-state index contributed by atoms with van der Waals surface area (Å²) in [5, 5.41) is 20.4. The van der Waals surface area contributed by atoms with Crippen molar-refractivity contribution in [2.45, 2.75) is 70.1 Å². The van der Waals surface area contributed by atoms with Crippen LogP contribution in [-0.2, 0) is 6.42 Å². The number of aromatic nitrogens is 2. The summed E-state index contributed by atoms with van der Waals surface area (Å²) in [6, 6.07) is 9.11. The average molecular weight is 537 g/mol. The molecular formula is C29H44N8O2. The Morgan fingerprint density at radius 1 is 1.05 bits per heavy atom. The van der Waals surface area contributed by atoms with Gasteiger partial charge in [-0.15, -0.1) is 0 Å². The number of carbonyl (C=O) groups is 1. The van der Waals surface area contributed by atoms with Crippen molar-refractivity contribution in [3.63, 3.8) is 0 Å². The second-order valence-electron chi connectivity index (χ2n) is 11.4. The Morgan fingerprint density at radius 3 is 2.41 bits per heavy atom. The SMILES string of the molecule is CCc1nc(C(N)=O)c(Nc2ccc(N3CCC(C4CN(C)CCN4)CC3)cc2)nc1N[C@H]1CC[C@H](O)CC1. The Balaban J connectivity index is 1.25. The van der Waals surface area contributed by atoms with E-state index < -0.39 is 5.91 Å². The molecule has 2 aromatic rings. The molecule has 212 valence electrons. The molecule has 1 saturated carbocycles. The minimum atomic E-state index is -0.606. The van der Waals surface area contributed by atoms with Crippen molar-refractivity contribution in [3.8, 4) is 0 Å². The molecule has 10 heteroatoms. The second-order valence-corrected chi connectivity index (χ2v) is 11.4. The first-order chi connectivity index (χ1) is 18.9. The molecular weight excluding hydrogens is 492 g/mol. The molecule has 10 nitrogen and oxygen atoms in total. The number of nitrogens with two attached hydrogens (primary N) is 1. The molecule has 1 amide bonds. The fraction of sp³-hybridized carbons (Fsp3) is 0.621. The smallest absolute Gasteiger partial charge is 0.271 e. The third kappa shape index (κ3) is 6.80. The van der Waals surface area contributed by atoms with Gasteiger partial charge in [0.05, 0.1) is 11.8 Å². The number of piperidine rings is 1. The summed E-state index contributed by atoms with van der Waals surface area (Å²) in [5.74, 6) is 1.15. The Hall–Kier alpha value is -2.95. The van der Waals surface area contributed by atoms with Crippen molar-refractivity contribution in [2.24, 2.45) is 11.7 Å². The number of piperazine rings is 1.